The van der Waals surface area contributed by atoms with Crippen LogP contribution in [0.2, 0.25) is 0 Å². The van der Waals surface area contributed by atoms with Gasteiger partial charge in [-0.2, -0.15) is 0 Å². The van der Waals surface area contributed by atoms with Crippen molar-refractivity contribution in [1.82, 2.24) is 0 Å². The second-order valence-electron chi connectivity index (χ2n) is 14.2. The Morgan fingerprint density at radius 1 is 0.491 bits per heavy atom. The molecule has 0 N–H and O–H groups in total. The third kappa shape index (κ3) is 9.57. The van der Waals surface area contributed by atoms with Crippen LogP contribution in [0.4, 0.5) is 17.6 Å². The molecule has 0 aliphatic carbocycles. The van der Waals surface area contributed by atoms with E-state index in [0.29, 0.717) is 35.8 Å². The largest absolute Gasteiger partial charge is 0.457 e. The van der Waals surface area contributed by atoms with Gasteiger partial charge in [0.25, 0.3) is 12.9 Å². The monoisotopic (exact) mass is 758 g/mol. The summed E-state index contributed by atoms with van der Waals surface area (Å²) in [6.45, 7) is 8.06. The maximum absolute atomic E-state index is 13.9. The van der Waals surface area contributed by atoms with Gasteiger partial charge in [0.15, 0.2) is 0 Å². The Morgan fingerprint density at radius 2 is 0.868 bits per heavy atom. The molecule has 53 heavy (non-hydrogen) atoms. The Balaban J connectivity index is 1.38. The number of benzene rings is 4. The first-order chi connectivity index (χ1) is 25.4. The van der Waals surface area contributed by atoms with Crippen molar-refractivity contribution in [3.8, 4) is 23.0 Å². The number of alkyl halides is 4. The summed E-state index contributed by atoms with van der Waals surface area (Å²) in [4.78, 5) is 1.53. The highest BCUT2D eigenvalue weighted by Crippen LogP contribution is 2.43. The number of halogens is 4. The predicted molar refractivity (Wildman–Crippen MR) is 207 cm³/mol. The Hall–Kier alpha value is -4.44. The van der Waals surface area contributed by atoms with E-state index in [0.717, 1.165) is 20.9 Å². The maximum Gasteiger partial charge on any atom is 0.264 e. The minimum absolute atomic E-state index is 0.0275. The van der Waals surface area contributed by atoms with Gasteiger partial charge in [-0.1, -0.05) is 88.4 Å². The predicted octanol–water partition coefficient (Wildman–Crippen LogP) is 13.8. The van der Waals surface area contributed by atoms with Gasteiger partial charge >= 0.3 is 0 Å². The number of hydrogen-bond acceptors (Lipinski definition) is 5. The van der Waals surface area contributed by atoms with Crippen LogP contribution < -0.4 is 9.47 Å². The minimum Gasteiger partial charge on any atom is -0.457 e. The summed E-state index contributed by atoms with van der Waals surface area (Å²) in [5.41, 5.74) is 0.357. The van der Waals surface area contributed by atoms with Gasteiger partial charge in [0.2, 0.25) is 0 Å². The summed E-state index contributed by atoms with van der Waals surface area (Å²) >= 11 is 2.58. The molecule has 0 saturated carbocycles. The molecular formula is C44H42F4O3S2. The van der Waals surface area contributed by atoms with Crippen LogP contribution in [0.5, 0.6) is 23.0 Å². The first-order valence-electron chi connectivity index (χ1n) is 17.4. The molecule has 276 valence electrons. The molecule has 6 rings (SSSR count). The van der Waals surface area contributed by atoms with Crippen LogP contribution >= 0.6 is 22.7 Å². The van der Waals surface area contributed by atoms with E-state index < -0.39 is 35.9 Å². The third-order valence-corrected chi connectivity index (χ3v) is 12.1. The molecule has 0 spiro atoms. The first kappa shape index (κ1) is 38.3. The number of rotatable bonds is 16. The number of thiophene rings is 2. The van der Waals surface area contributed by atoms with Crippen molar-refractivity contribution in [2.45, 2.75) is 76.4 Å². The Labute approximate surface area is 316 Å². The molecule has 2 atom stereocenters. The molecule has 2 heterocycles. The summed E-state index contributed by atoms with van der Waals surface area (Å²) < 4.78 is 75.1. The minimum atomic E-state index is -2.60. The normalized spacial score (nSPS) is 13.3. The maximum atomic E-state index is 13.9. The molecule has 2 aromatic heterocycles. The SMILES string of the molecule is CC(C)(c1cc(C(F)F)cs1)C(Cc1cccc(Oc2ccccc2)c1)OC(Cc1cccc(Oc2ccccc2)c1)C(C)(C)c1cc(C(F)F)cs1. The van der Waals surface area contributed by atoms with Gasteiger partial charge in [0.1, 0.15) is 23.0 Å². The quantitative estimate of drug-likeness (QED) is 0.0920. The van der Waals surface area contributed by atoms with E-state index in [1.807, 2.05) is 137 Å². The van der Waals surface area contributed by atoms with Gasteiger partial charge in [-0.15, -0.1) is 22.7 Å². The molecule has 0 aliphatic heterocycles. The van der Waals surface area contributed by atoms with E-state index in [1.54, 1.807) is 12.1 Å². The summed E-state index contributed by atoms with van der Waals surface area (Å²) in [5.74, 6) is 2.73. The zero-order valence-electron chi connectivity index (χ0n) is 30.0. The molecule has 9 heteroatoms. The fraction of sp³-hybridized carbons (Fsp3) is 0.273. The smallest absolute Gasteiger partial charge is 0.264 e. The molecule has 6 aromatic rings. The van der Waals surface area contributed by atoms with E-state index in [1.165, 1.54) is 33.4 Å². The Kier molecular flexibility index (Phi) is 12.1. The van der Waals surface area contributed by atoms with E-state index in [4.69, 9.17) is 14.2 Å². The number of para-hydroxylation sites is 2. The molecule has 3 nitrogen and oxygen atoms in total. The second-order valence-corrected chi connectivity index (χ2v) is 16.0. The number of hydrogen-bond donors (Lipinski definition) is 0. The van der Waals surface area contributed by atoms with Gasteiger partial charge in [-0.05, 0) is 95.4 Å². The molecule has 0 fully saturated rings. The molecule has 0 amide bonds. The highest BCUT2D eigenvalue weighted by molar-refractivity contribution is 7.10. The molecule has 4 aromatic carbocycles. The van der Waals surface area contributed by atoms with Crippen LogP contribution in [0.3, 0.4) is 0 Å². The van der Waals surface area contributed by atoms with E-state index in [2.05, 4.69) is 0 Å². The Morgan fingerprint density at radius 3 is 1.23 bits per heavy atom. The molecule has 0 saturated heterocycles. The summed E-state index contributed by atoms with van der Waals surface area (Å²) in [5, 5.41) is 3.01. The van der Waals surface area contributed by atoms with Crippen molar-refractivity contribution in [2.24, 2.45) is 0 Å². The lowest BCUT2D eigenvalue weighted by Gasteiger charge is -2.42. The summed E-state index contributed by atoms with van der Waals surface area (Å²) in [7, 11) is 0. The van der Waals surface area contributed by atoms with E-state index >= 15 is 0 Å². The highest BCUT2D eigenvalue weighted by Gasteiger charge is 2.41. The standard InChI is InChI=1S/C44H42F4O3S2/c1-43(2,39-25-31(27-52-39)41(45)46)37(23-29-13-11-19-35(21-29)49-33-15-7-5-8-16-33)51-38(44(3,4)40-26-32(28-53-40)42(47)48)24-30-14-12-20-36(22-30)50-34-17-9-6-10-18-34/h5-22,25-28,37-38,41-42H,23-24H2,1-4H3. The zero-order chi connectivity index (χ0) is 37.6. The van der Waals surface area contributed by atoms with Gasteiger partial charge in [0, 0.05) is 31.7 Å². The van der Waals surface area contributed by atoms with Crippen LogP contribution in [0.1, 0.15) is 72.6 Å². The average molecular weight is 759 g/mol. The molecule has 2 unspecified atom stereocenters. The van der Waals surface area contributed by atoms with Crippen LogP contribution in [0.25, 0.3) is 0 Å². The summed E-state index contributed by atoms with van der Waals surface area (Å²) in [6.07, 6.45) is -5.39. The van der Waals surface area contributed by atoms with Crippen molar-refractivity contribution in [3.05, 3.63) is 164 Å². The van der Waals surface area contributed by atoms with Crippen LogP contribution in [-0.2, 0) is 28.4 Å². The van der Waals surface area contributed by atoms with Crippen LogP contribution in [-0.4, -0.2) is 12.2 Å². The molecule has 0 aliphatic rings. The first-order valence-corrected chi connectivity index (χ1v) is 19.2. The van der Waals surface area contributed by atoms with Gasteiger partial charge in [-0.3, -0.25) is 0 Å². The van der Waals surface area contributed by atoms with E-state index in [-0.39, 0.29) is 11.1 Å². The van der Waals surface area contributed by atoms with Crippen LogP contribution in [0.15, 0.2) is 132 Å². The molecular weight excluding hydrogens is 717 g/mol. The zero-order valence-corrected chi connectivity index (χ0v) is 31.6. The summed E-state index contributed by atoms with van der Waals surface area (Å²) in [6, 6.07) is 37.7. The van der Waals surface area contributed by atoms with Gasteiger partial charge in [-0.25, -0.2) is 17.6 Å². The van der Waals surface area contributed by atoms with Crippen molar-refractivity contribution >= 4 is 22.7 Å². The van der Waals surface area contributed by atoms with Crippen molar-refractivity contribution in [2.75, 3.05) is 0 Å². The van der Waals surface area contributed by atoms with Gasteiger partial charge in [0.05, 0.1) is 12.2 Å². The Bertz CT molecular complexity index is 1910. The number of ether oxygens (including phenoxy) is 3. The average Bonchev–Trinajstić information content (AvgIpc) is 3.85. The van der Waals surface area contributed by atoms with E-state index in [9.17, 15) is 17.6 Å². The molecule has 0 radical (unpaired) electrons. The second kappa shape index (κ2) is 16.7. The van der Waals surface area contributed by atoms with Crippen LogP contribution in [0, 0.1) is 0 Å². The topological polar surface area (TPSA) is 27.7 Å². The lowest BCUT2D eigenvalue weighted by Crippen LogP contribution is -2.46. The lowest BCUT2D eigenvalue weighted by atomic mass is 9.78. The fourth-order valence-corrected chi connectivity index (χ4v) is 8.36. The third-order valence-electron chi connectivity index (χ3n) is 9.55. The molecule has 0 bridgehead atoms. The van der Waals surface area contributed by atoms with Crippen molar-refractivity contribution < 1.29 is 31.8 Å². The van der Waals surface area contributed by atoms with Crippen molar-refractivity contribution in [3.63, 3.8) is 0 Å². The van der Waals surface area contributed by atoms with Gasteiger partial charge < -0.3 is 14.2 Å². The van der Waals surface area contributed by atoms with Crippen molar-refractivity contribution in [1.29, 1.82) is 0 Å². The fourth-order valence-electron chi connectivity index (χ4n) is 6.22. The highest BCUT2D eigenvalue weighted by atomic mass is 32.1. The lowest BCUT2D eigenvalue weighted by molar-refractivity contribution is -0.0740.